The van der Waals surface area contributed by atoms with Gasteiger partial charge in [0.25, 0.3) is 0 Å². The molecule has 1 aromatic heterocycles. The van der Waals surface area contributed by atoms with Crippen molar-refractivity contribution >= 4 is 22.6 Å². The first kappa shape index (κ1) is 19.9. The predicted octanol–water partition coefficient (Wildman–Crippen LogP) is 2.75. The fourth-order valence-corrected chi connectivity index (χ4v) is 3.79. The van der Waals surface area contributed by atoms with Crippen LogP contribution in [0.4, 0.5) is 10.1 Å². The Bertz CT molecular complexity index is 1170. The largest absolute Gasteiger partial charge is 0.508 e. The van der Waals surface area contributed by atoms with Crippen molar-refractivity contribution in [2.75, 3.05) is 24.6 Å². The van der Waals surface area contributed by atoms with Gasteiger partial charge in [0.2, 0.25) is 5.43 Å². The van der Waals surface area contributed by atoms with E-state index in [9.17, 15) is 19.1 Å². The molecule has 0 aliphatic carbocycles. The van der Waals surface area contributed by atoms with Gasteiger partial charge in [-0.05, 0) is 55.3 Å². The number of hydrogen-bond donors (Lipinski definition) is 3. The molecule has 1 aliphatic rings. The molecule has 1 saturated heterocycles. The number of pyridine rings is 1. The molecule has 4 N–H and O–H groups in total. The molecule has 0 spiro atoms. The molecule has 0 bridgehead atoms. The first-order valence-corrected chi connectivity index (χ1v) is 9.75. The zero-order valence-corrected chi connectivity index (χ0v) is 16.4. The van der Waals surface area contributed by atoms with Crippen molar-refractivity contribution in [3.8, 4) is 17.0 Å². The Kier molecular flexibility index (Phi) is 5.17. The number of benzene rings is 2. The third-order valence-electron chi connectivity index (χ3n) is 5.27. The summed E-state index contributed by atoms with van der Waals surface area (Å²) in [6, 6.07) is 8.76. The highest BCUT2D eigenvalue weighted by atomic mass is 19.1. The van der Waals surface area contributed by atoms with Gasteiger partial charge in [0.1, 0.15) is 17.1 Å². The predicted molar refractivity (Wildman–Crippen MR) is 112 cm³/mol. The minimum absolute atomic E-state index is 0.0297. The first-order chi connectivity index (χ1) is 14.4. The number of phenols is 1. The minimum atomic E-state index is -0.793. The van der Waals surface area contributed by atoms with Gasteiger partial charge in [-0.2, -0.15) is 0 Å². The second-order valence-electron chi connectivity index (χ2n) is 7.32. The van der Waals surface area contributed by atoms with E-state index in [0.717, 1.165) is 12.5 Å². The SMILES string of the molecule is CCOC(=O)c1c(-c2ccc(O)cc2)[nH]c2cc(N3CCC(N)C3)c(F)cc2c1=O. The standard InChI is InChI=1S/C22H22FN3O4/c1-2-30-22(29)19-20(12-3-5-14(27)6-4-12)25-17-10-18(26-8-7-13(24)11-26)16(23)9-15(17)21(19)28/h3-6,9-10,13,27H,2,7-8,11,24H2,1H3,(H,25,28). The topological polar surface area (TPSA) is 109 Å². The number of aromatic amines is 1. The van der Waals surface area contributed by atoms with E-state index in [2.05, 4.69) is 4.98 Å². The number of phenolic OH excluding ortho intramolecular Hbond substituents is 1. The van der Waals surface area contributed by atoms with Gasteiger partial charge in [-0.1, -0.05) is 0 Å². The van der Waals surface area contributed by atoms with Gasteiger partial charge in [0.05, 0.1) is 23.5 Å². The molecule has 1 atom stereocenters. The third-order valence-corrected chi connectivity index (χ3v) is 5.27. The summed E-state index contributed by atoms with van der Waals surface area (Å²) in [5.74, 6) is -1.29. The maximum atomic E-state index is 14.8. The van der Waals surface area contributed by atoms with Crippen LogP contribution < -0.4 is 16.1 Å². The molecular formula is C22H22FN3O4. The van der Waals surface area contributed by atoms with Crippen LogP contribution >= 0.6 is 0 Å². The van der Waals surface area contributed by atoms with E-state index in [1.807, 2.05) is 4.90 Å². The lowest BCUT2D eigenvalue weighted by atomic mass is 10.0. The smallest absolute Gasteiger partial charge is 0.344 e. The molecule has 4 rings (SSSR count). The second kappa shape index (κ2) is 7.79. The van der Waals surface area contributed by atoms with E-state index in [1.165, 1.54) is 12.1 Å². The number of carbonyl (C=O) groups is 1. The Morgan fingerprint density at radius 3 is 2.70 bits per heavy atom. The van der Waals surface area contributed by atoms with E-state index >= 15 is 0 Å². The Labute approximate surface area is 171 Å². The molecule has 30 heavy (non-hydrogen) atoms. The summed E-state index contributed by atoms with van der Waals surface area (Å²) in [5, 5.41) is 9.64. The van der Waals surface area contributed by atoms with Gasteiger partial charge in [-0.25, -0.2) is 9.18 Å². The highest BCUT2D eigenvalue weighted by Gasteiger charge is 2.25. The zero-order chi connectivity index (χ0) is 21.4. The van der Waals surface area contributed by atoms with E-state index in [4.69, 9.17) is 10.5 Å². The van der Waals surface area contributed by atoms with Crippen LogP contribution in [0.15, 0.2) is 41.2 Å². The average molecular weight is 411 g/mol. The minimum Gasteiger partial charge on any atom is -0.508 e. The number of ether oxygens (including phenoxy) is 1. The Morgan fingerprint density at radius 1 is 1.33 bits per heavy atom. The van der Waals surface area contributed by atoms with Crippen molar-refractivity contribution in [2.24, 2.45) is 5.73 Å². The summed E-state index contributed by atoms with van der Waals surface area (Å²) >= 11 is 0. The number of fused-ring (bicyclic) bond motifs is 1. The van der Waals surface area contributed by atoms with Crippen LogP contribution in [0.5, 0.6) is 5.75 Å². The molecule has 0 amide bonds. The van der Waals surface area contributed by atoms with Crippen LogP contribution in [0.1, 0.15) is 23.7 Å². The lowest BCUT2D eigenvalue weighted by molar-refractivity contribution is 0.0525. The van der Waals surface area contributed by atoms with Gasteiger partial charge < -0.3 is 25.5 Å². The molecule has 1 aliphatic heterocycles. The molecule has 0 saturated carbocycles. The lowest BCUT2D eigenvalue weighted by Gasteiger charge is -2.20. The van der Waals surface area contributed by atoms with Gasteiger partial charge in [-0.3, -0.25) is 4.79 Å². The monoisotopic (exact) mass is 411 g/mol. The number of aromatic hydroxyl groups is 1. The molecule has 3 aromatic rings. The Morgan fingerprint density at radius 2 is 2.07 bits per heavy atom. The van der Waals surface area contributed by atoms with Crippen LogP contribution in [0.3, 0.4) is 0 Å². The molecule has 0 radical (unpaired) electrons. The van der Waals surface area contributed by atoms with E-state index < -0.39 is 17.2 Å². The molecule has 7 nitrogen and oxygen atoms in total. The van der Waals surface area contributed by atoms with Gasteiger partial charge in [0.15, 0.2) is 0 Å². The van der Waals surface area contributed by atoms with E-state index in [0.29, 0.717) is 29.9 Å². The Hall–Kier alpha value is -3.39. The summed E-state index contributed by atoms with van der Waals surface area (Å²) in [5.41, 5.74) is 6.65. The number of rotatable bonds is 4. The van der Waals surface area contributed by atoms with Gasteiger partial charge >= 0.3 is 5.97 Å². The van der Waals surface area contributed by atoms with Gasteiger partial charge in [-0.15, -0.1) is 0 Å². The lowest BCUT2D eigenvalue weighted by Crippen LogP contribution is -2.27. The molecule has 1 fully saturated rings. The zero-order valence-electron chi connectivity index (χ0n) is 16.4. The molecule has 2 heterocycles. The van der Waals surface area contributed by atoms with Crippen molar-refractivity contribution in [2.45, 2.75) is 19.4 Å². The molecule has 156 valence electrons. The van der Waals surface area contributed by atoms with Crippen LogP contribution in [-0.4, -0.2) is 41.8 Å². The van der Waals surface area contributed by atoms with E-state index in [1.54, 1.807) is 25.1 Å². The van der Waals surface area contributed by atoms with Crippen LogP contribution in [0, 0.1) is 5.82 Å². The number of carbonyl (C=O) groups excluding carboxylic acids is 1. The van der Waals surface area contributed by atoms with Crippen molar-refractivity contribution in [1.82, 2.24) is 4.98 Å². The highest BCUT2D eigenvalue weighted by molar-refractivity contribution is 6.00. The fourth-order valence-electron chi connectivity index (χ4n) is 3.79. The van der Waals surface area contributed by atoms with Crippen LogP contribution in [0.2, 0.25) is 0 Å². The summed E-state index contributed by atoms with van der Waals surface area (Å²) < 4.78 is 19.9. The maximum absolute atomic E-state index is 14.8. The summed E-state index contributed by atoms with van der Waals surface area (Å²) in [4.78, 5) is 30.7. The number of aromatic nitrogens is 1. The van der Waals surface area contributed by atoms with Crippen molar-refractivity contribution in [1.29, 1.82) is 0 Å². The number of nitrogens with two attached hydrogens (primary N) is 1. The van der Waals surface area contributed by atoms with Crippen LogP contribution in [-0.2, 0) is 4.74 Å². The number of H-pyrrole nitrogens is 1. The number of anilines is 1. The summed E-state index contributed by atoms with van der Waals surface area (Å²) in [6.45, 7) is 2.88. The normalized spacial score (nSPS) is 16.2. The third kappa shape index (κ3) is 3.50. The molecular weight excluding hydrogens is 389 g/mol. The van der Waals surface area contributed by atoms with Gasteiger partial charge in [0, 0.05) is 24.5 Å². The number of esters is 1. The summed E-state index contributed by atoms with van der Waals surface area (Å²) in [6.07, 6.45) is 0.758. The first-order valence-electron chi connectivity index (χ1n) is 9.75. The number of halogens is 1. The fraction of sp³-hybridized carbons (Fsp3) is 0.273. The van der Waals surface area contributed by atoms with E-state index in [-0.39, 0.29) is 35.0 Å². The van der Waals surface area contributed by atoms with Crippen molar-refractivity contribution < 1.29 is 19.0 Å². The maximum Gasteiger partial charge on any atom is 0.344 e. The number of hydrogen-bond acceptors (Lipinski definition) is 6. The van der Waals surface area contributed by atoms with Crippen LogP contribution in [0.25, 0.3) is 22.2 Å². The molecule has 2 aromatic carbocycles. The average Bonchev–Trinajstić information content (AvgIpc) is 3.14. The highest BCUT2D eigenvalue weighted by Crippen LogP contribution is 2.30. The van der Waals surface area contributed by atoms with Crippen molar-refractivity contribution in [3.63, 3.8) is 0 Å². The number of nitrogens with zero attached hydrogens (tertiary/aromatic N) is 1. The second-order valence-corrected chi connectivity index (χ2v) is 7.32. The molecule has 8 heteroatoms. The number of nitrogens with one attached hydrogen (secondary N) is 1. The Balaban J connectivity index is 1.96. The molecule has 1 unspecified atom stereocenters. The summed E-state index contributed by atoms with van der Waals surface area (Å²) in [7, 11) is 0. The quantitative estimate of drug-likeness (QED) is 0.570. The van der Waals surface area contributed by atoms with Crippen molar-refractivity contribution in [3.05, 3.63) is 58.0 Å².